The molecule has 0 fully saturated rings. The molecule has 6 nitrogen and oxygen atoms in total. The molecule has 108 valence electrons. The van der Waals surface area contributed by atoms with Crippen LogP contribution in [0.25, 0.3) is 10.1 Å². The Kier molecular flexibility index (Phi) is 3.83. The van der Waals surface area contributed by atoms with Gasteiger partial charge < -0.3 is 11.1 Å². The molecule has 2 aromatic heterocycles. The maximum Gasteiger partial charge on any atom is 0.261 e. The first-order valence-corrected chi connectivity index (χ1v) is 7.45. The highest BCUT2D eigenvalue weighted by Crippen LogP contribution is 2.27. The molecule has 0 saturated carbocycles. The second-order valence-electron chi connectivity index (χ2n) is 4.68. The molecule has 0 unspecified atom stereocenters. The van der Waals surface area contributed by atoms with Crippen LogP contribution in [0, 0.1) is 0 Å². The summed E-state index contributed by atoms with van der Waals surface area (Å²) in [6, 6.07) is 7.55. The number of fused-ring (bicyclic) bond motifs is 1. The maximum atomic E-state index is 12.1. The predicted octanol–water partition coefficient (Wildman–Crippen LogP) is 1.90. The minimum atomic E-state index is -0.0478. The topological polar surface area (TPSA) is 85.8 Å². The molecule has 0 aliphatic heterocycles. The first-order valence-electron chi connectivity index (χ1n) is 6.64. The van der Waals surface area contributed by atoms with Crippen LogP contribution >= 0.6 is 11.3 Å². The molecule has 0 atom stereocenters. The highest BCUT2D eigenvalue weighted by Gasteiger charge is 2.09. The number of amides is 1. The van der Waals surface area contributed by atoms with Crippen LogP contribution in [0.2, 0.25) is 0 Å². The molecule has 3 rings (SSSR count). The summed E-state index contributed by atoms with van der Waals surface area (Å²) >= 11 is 1.47. The van der Waals surface area contributed by atoms with Gasteiger partial charge >= 0.3 is 0 Å². The Hall–Kier alpha value is -2.41. The van der Waals surface area contributed by atoms with Gasteiger partial charge in [0.2, 0.25) is 0 Å². The van der Waals surface area contributed by atoms with Gasteiger partial charge in [0.25, 0.3) is 5.91 Å². The molecule has 0 saturated heterocycles. The van der Waals surface area contributed by atoms with Crippen molar-refractivity contribution in [3.63, 3.8) is 0 Å². The molecule has 1 aromatic carbocycles. The Labute approximate surface area is 125 Å². The lowest BCUT2D eigenvalue weighted by atomic mass is 10.2. The highest BCUT2D eigenvalue weighted by atomic mass is 32.1. The zero-order valence-electron chi connectivity index (χ0n) is 11.3. The summed E-state index contributed by atoms with van der Waals surface area (Å²) in [6.45, 7) is 1.35. The number of rotatable bonds is 5. The van der Waals surface area contributed by atoms with Crippen LogP contribution < -0.4 is 11.1 Å². The normalized spacial score (nSPS) is 10.9. The summed E-state index contributed by atoms with van der Waals surface area (Å²) in [5, 5.41) is 11.5. The number of aryl methyl sites for hydroxylation is 1. The van der Waals surface area contributed by atoms with Crippen LogP contribution in [0.3, 0.4) is 0 Å². The predicted molar refractivity (Wildman–Crippen MR) is 83.2 cm³/mol. The number of carbonyl (C=O) groups is 1. The van der Waals surface area contributed by atoms with Gasteiger partial charge in [0, 0.05) is 29.7 Å². The molecular weight excluding hydrogens is 286 g/mol. The monoisotopic (exact) mass is 301 g/mol. The second kappa shape index (κ2) is 5.92. The quantitative estimate of drug-likeness (QED) is 0.556. The number of nitrogens with two attached hydrogens (primary N) is 1. The molecule has 0 bridgehead atoms. The van der Waals surface area contributed by atoms with Gasteiger partial charge in [-0.15, -0.1) is 16.4 Å². The molecule has 1 amide bonds. The summed E-state index contributed by atoms with van der Waals surface area (Å²) in [6.07, 6.45) is 4.26. The van der Waals surface area contributed by atoms with Crippen LogP contribution in [0.5, 0.6) is 0 Å². The van der Waals surface area contributed by atoms with Crippen molar-refractivity contribution in [1.82, 2.24) is 20.3 Å². The molecule has 0 spiro atoms. The number of nitrogens with one attached hydrogen (secondary N) is 1. The van der Waals surface area contributed by atoms with E-state index in [1.165, 1.54) is 11.3 Å². The van der Waals surface area contributed by atoms with E-state index in [4.69, 9.17) is 5.73 Å². The minimum absolute atomic E-state index is 0.0478. The lowest BCUT2D eigenvalue weighted by Crippen LogP contribution is -2.24. The van der Waals surface area contributed by atoms with Crippen molar-refractivity contribution in [1.29, 1.82) is 0 Å². The minimum Gasteiger partial charge on any atom is -0.399 e. The van der Waals surface area contributed by atoms with Crippen molar-refractivity contribution in [2.24, 2.45) is 0 Å². The lowest BCUT2D eigenvalue weighted by Gasteiger charge is -2.03. The smallest absolute Gasteiger partial charge is 0.261 e. The van der Waals surface area contributed by atoms with Crippen molar-refractivity contribution in [2.45, 2.75) is 13.0 Å². The number of thiophene rings is 1. The van der Waals surface area contributed by atoms with E-state index in [1.807, 2.05) is 24.3 Å². The van der Waals surface area contributed by atoms with Gasteiger partial charge in [0.05, 0.1) is 11.1 Å². The molecule has 0 radical (unpaired) electrons. The lowest BCUT2D eigenvalue weighted by molar-refractivity contribution is 0.0956. The van der Waals surface area contributed by atoms with Crippen LogP contribution in [-0.2, 0) is 6.54 Å². The summed E-state index contributed by atoms with van der Waals surface area (Å²) in [7, 11) is 0. The average molecular weight is 301 g/mol. The molecule has 2 heterocycles. The van der Waals surface area contributed by atoms with Crippen LogP contribution in [-0.4, -0.2) is 27.4 Å². The SMILES string of the molecule is Nc1ccc2sc(C(=O)NCCCn3ccnn3)cc2c1. The van der Waals surface area contributed by atoms with Gasteiger partial charge in [-0.3, -0.25) is 9.48 Å². The number of hydrogen-bond donors (Lipinski definition) is 2. The Morgan fingerprint density at radius 2 is 2.29 bits per heavy atom. The number of anilines is 1. The summed E-state index contributed by atoms with van der Waals surface area (Å²) < 4.78 is 2.81. The second-order valence-corrected chi connectivity index (χ2v) is 5.77. The van der Waals surface area contributed by atoms with Crippen molar-refractivity contribution < 1.29 is 4.79 Å². The summed E-state index contributed by atoms with van der Waals surface area (Å²) in [5.74, 6) is -0.0478. The van der Waals surface area contributed by atoms with Crippen LogP contribution in [0.15, 0.2) is 36.7 Å². The third-order valence-electron chi connectivity index (χ3n) is 3.09. The van der Waals surface area contributed by atoms with Gasteiger partial charge in [0.15, 0.2) is 0 Å². The molecule has 3 aromatic rings. The summed E-state index contributed by atoms with van der Waals surface area (Å²) in [5.41, 5.74) is 6.45. The van der Waals surface area contributed by atoms with Gasteiger partial charge in [-0.25, -0.2) is 0 Å². The molecule has 0 aliphatic rings. The van der Waals surface area contributed by atoms with Crippen molar-refractivity contribution in [2.75, 3.05) is 12.3 Å². The molecular formula is C14H15N5OS. The average Bonchev–Trinajstić information content (AvgIpc) is 3.11. The Balaban J connectivity index is 1.56. The van der Waals surface area contributed by atoms with E-state index >= 15 is 0 Å². The third kappa shape index (κ3) is 3.19. The highest BCUT2D eigenvalue weighted by molar-refractivity contribution is 7.20. The Morgan fingerprint density at radius 1 is 1.38 bits per heavy atom. The maximum absolute atomic E-state index is 12.1. The van der Waals surface area contributed by atoms with E-state index < -0.39 is 0 Å². The largest absolute Gasteiger partial charge is 0.399 e. The van der Waals surface area contributed by atoms with Gasteiger partial charge in [0.1, 0.15) is 0 Å². The molecule has 0 aliphatic carbocycles. The number of aromatic nitrogens is 3. The van der Waals surface area contributed by atoms with E-state index in [1.54, 1.807) is 17.1 Å². The standard InChI is InChI=1S/C14H15N5OS/c15-11-2-3-12-10(8-11)9-13(21-12)14(20)16-4-1-6-19-7-5-17-18-19/h2-3,5,7-9H,1,4,6,15H2,(H,16,20). The Bertz CT molecular complexity index is 750. The van der Waals surface area contributed by atoms with E-state index in [-0.39, 0.29) is 5.91 Å². The fraction of sp³-hybridized carbons (Fsp3) is 0.214. The zero-order chi connectivity index (χ0) is 14.7. The Morgan fingerprint density at radius 3 is 3.10 bits per heavy atom. The molecule has 21 heavy (non-hydrogen) atoms. The van der Waals surface area contributed by atoms with E-state index in [0.29, 0.717) is 17.1 Å². The fourth-order valence-electron chi connectivity index (χ4n) is 2.06. The van der Waals surface area contributed by atoms with Crippen LogP contribution in [0.1, 0.15) is 16.1 Å². The van der Waals surface area contributed by atoms with Gasteiger partial charge in [-0.1, -0.05) is 5.21 Å². The zero-order valence-corrected chi connectivity index (χ0v) is 12.1. The van der Waals surface area contributed by atoms with E-state index in [0.717, 1.165) is 23.1 Å². The van der Waals surface area contributed by atoms with Crippen molar-refractivity contribution >= 4 is 33.0 Å². The number of nitrogens with zero attached hydrogens (tertiary/aromatic N) is 3. The van der Waals surface area contributed by atoms with E-state index in [9.17, 15) is 4.79 Å². The van der Waals surface area contributed by atoms with Gasteiger partial charge in [-0.05, 0) is 36.1 Å². The van der Waals surface area contributed by atoms with Crippen molar-refractivity contribution in [3.8, 4) is 0 Å². The van der Waals surface area contributed by atoms with Crippen molar-refractivity contribution in [3.05, 3.63) is 41.5 Å². The van der Waals surface area contributed by atoms with Gasteiger partial charge in [-0.2, -0.15) is 0 Å². The fourth-order valence-corrected chi connectivity index (χ4v) is 3.02. The number of benzene rings is 1. The third-order valence-corrected chi connectivity index (χ3v) is 4.20. The first-order chi connectivity index (χ1) is 10.2. The number of nitrogen functional groups attached to an aromatic ring is 1. The number of carbonyl (C=O) groups excluding carboxylic acids is 1. The van der Waals surface area contributed by atoms with Crippen LogP contribution in [0.4, 0.5) is 5.69 Å². The first kappa shape index (κ1) is 13.6. The number of hydrogen-bond acceptors (Lipinski definition) is 5. The molecule has 7 heteroatoms. The van der Waals surface area contributed by atoms with E-state index in [2.05, 4.69) is 15.6 Å². The molecule has 3 N–H and O–H groups in total. The summed E-state index contributed by atoms with van der Waals surface area (Å²) in [4.78, 5) is 12.8.